The topological polar surface area (TPSA) is 145 Å². The molecular weight excluding hydrogens is 264 g/mol. The molecule has 0 saturated heterocycles. The molecule has 0 spiro atoms. The second-order valence-electron chi connectivity index (χ2n) is 2.98. The first-order valence-electron chi connectivity index (χ1n) is 4.41. The van der Waals surface area contributed by atoms with Gasteiger partial charge in [-0.05, 0) is 20.9 Å². The van der Waals surface area contributed by atoms with Crippen molar-refractivity contribution in [3.63, 3.8) is 0 Å². The smallest absolute Gasteiger partial charge is 0.204 e. The van der Waals surface area contributed by atoms with Crippen LogP contribution in [0.25, 0.3) is 0 Å². The Labute approximate surface area is 107 Å². The highest BCUT2D eigenvalue weighted by atomic mass is 32.2. The summed E-state index contributed by atoms with van der Waals surface area (Å²) in [4.78, 5) is 12.5. The number of hydrogen-bond acceptors (Lipinski definition) is 6. The number of amides is 1. The predicted octanol–water partition coefficient (Wildman–Crippen LogP) is -0.972. The van der Waals surface area contributed by atoms with Crippen molar-refractivity contribution in [3.8, 4) is 0 Å². The van der Waals surface area contributed by atoms with E-state index < -0.39 is 16.6 Å². The molecule has 1 amide bonds. The zero-order valence-corrected chi connectivity index (χ0v) is 11.5. The van der Waals surface area contributed by atoms with Gasteiger partial charge in [0.2, 0.25) is 6.41 Å². The quantitative estimate of drug-likeness (QED) is 0.515. The summed E-state index contributed by atoms with van der Waals surface area (Å²) in [5.74, 6) is 0. The fourth-order valence-corrected chi connectivity index (χ4v) is 2.01. The first-order valence-corrected chi connectivity index (χ1v) is 6.43. The molecule has 0 aliphatic heterocycles. The van der Waals surface area contributed by atoms with E-state index in [2.05, 4.69) is 16.5 Å². The largest absolute Gasteiger partial charge is 0.383 e. The molecule has 1 aromatic heterocycles. The van der Waals surface area contributed by atoms with Gasteiger partial charge in [0, 0.05) is 0 Å². The van der Waals surface area contributed by atoms with Crippen molar-refractivity contribution in [1.29, 1.82) is 0 Å². The summed E-state index contributed by atoms with van der Waals surface area (Å²) in [6, 6.07) is 0. The number of carbonyl (C=O) groups excluding carboxylic acids is 1. The minimum atomic E-state index is -1.50. The van der Waals surface area contributed by atoms with E-state index in [1.54, 1.807) is 13.8 Å². The van der Waals surface area contributed by atoms with E-state index in [4.69, 9.17) is 9.93 Å². The average molecular weight is 282 g/mol. The highest BCUT2D eigenvalue weighted by molar-refractivity contribution is 7.85. The number of aliphatic hydroxyl groups is 1. The fraction of sp³-hybridized carbons (Fsp3) is 0.500. The van der Waals surface area contributed by atoms with Gasteiger partial charge in [-0.2, -0.15) is 0 Å². The van der Waals surface area contributed by atoms with Crippen LogP contribution in [0, 0.1) is 0 Å². The van der Waals surface area contributed by atoms with Crippen molar-refractivity contribution >= 4 is 28.7 Å². The van der Waals surface area contributed by atoms with Gasteiger partial charge in [0.15, 0.2) is 0 Å². The van der Waals surface area contributed by atoms with Gasteiger partial charge >= 0.3 is 0 Å². The van der Waals surface area contributed by atoms with Gasteiger partial charge in [-0.3, -0.25) is 4.79 Å². The second kappa shape index (κ2) is 9.19. The van der Waals surface area contributed by atoms with Gasteiger partial charge in [-0.15, -0.1) is 11.3 Å². The number of aromatic nitrogens is 1. The summed E-state index contributed by atoms with van der Waals surface area (Å²) < 4.78 is 11.2. The Morgan fingerprint density at radius 3 is 2.12 bits per heavy atom. The molecule has 1 aromatic rings. The van der Waals surface area contributed by atoms with E-state index in [0.29, 0.717) is 9.22 Å². The predicted molar refractivity (Wildman–Crippen MR) is 68.3 cm³/mol. The summed E-state index contributed by atoms with van der Waals surface area (Å²) in [7, 11) is 0.00198. The second-order valence-corrected chi connectivity index (χ2v) is 5.30. The zero-order chi connectivity index (χ0) is 14.1. The van der Waals surface area contributed by atoms with Crippen LogP contribution in [-0.4, -0.2) is 27.8 Å². The number of thiazole rings is 1. The van der Waals surface area contributed by atoms with E-state index in [9.17, 15) is 9.32 Å². The third kappa shape index (κ3) is 7.94. The van der Waals surface area contributed by atoms with Crippen molar-refractivity contribution in [2.24, 2.45) is 16.6 Å². The number of nitrogens with zero attached hydrogens (tertiary/aromatic N) is 1. The molecule has 1 rings (SSSR count). The van der Waals surface area contributed by atoms with Crippen molar-refractivity contribution < 1.29 is 14.1 Å². The Hall–Kier alpha value is -0.870. The molecule has 0 aliphatic rings. The fourth-order valence-electron chi connectivity index (χ4n) is 0.635. The lowest BCUT2D eigenvalue weighted by atomic mass is 10.2. The minimum Gasteiger partial charge on any atom is -0.383 e. The minimum absolute atomic E-state index is 0.250. The van der Waals surface area contributed by atoms with Crippen molar-refractivity contribution in [3.05, 3.63) is 11.2 Å². The first kappa shape index (κ1) is 18.5. The average Bonchev–Trinajstić information content (AvgIpc) is 2.70. The Morgan fingerprint density at radius 2 is 1.94 bits per heavy atom. The number of nitrogens with two attached hydrogens (primary N) is 3. The van der Waals surface area contributed by atoms with Crippen LogP contribution < -0.4 is 16.6 Å². The SMILES string of the molecule is CC(C)(O)c1ncc(S(N)=O)s1.CN.NC=O. The van der Waals surface area contributed by atoms with Crippen LogP contribution in [0.3, 0.4) is 0 Å². The molecule has 0 radical (unpaired) electrons. The summed E-state index contributed by atoms with van der Waals surface area (Å²) in [6.07, 6.45) is 1.67. The molecule has 0 fully saturated rings. The Balaban J connectivity index is 0. The molecule has 7 N–H and O–H groups in total. The number of primary amides is 1. The summed E-state index contributed by atoms with van der Waals surface area (Å²) in [5.41, 5.74) is 7.68. The van der Waals surface area contributed by atoms with Crippen LogP contribution in [0.4, 0.5) is 0 Å². The highest BCUT2D eigenvalue weighted by Gasteiger charge is 2.20. The van der Waals surface area contributed by atoms with Gasteiger partial charge in [0.1, 0.15) is 25.8 Å². The van der Waals surface area contributed by atoms with Crippen LogP contribution in [-0.2, 0) is 21.4 Å². The summed E-state index contributed by atoms with van der Waals surface area (Å²) in [5, 5.41) is 15.1. The Bertz CT molecular complexity index is 349. The monoisotopic (exact) mass is 282 g/mol. The van der Waals surface area contributed by atoms with Gasteiger partial charge in [0.25, 0.3) is 0 Å². The van der Waals surface area contributed by atoms with Crippen LogP contribution in [0.5, 0.6) is 0 Å². The van der Waals surface area contributed by atoms with E-state index in [0.717, 1.165) is 11.3 Å². The van der Waals surface area contributed by atoms with Crippen molar-refractivity contribution in [2.45, 2.75) is 23.7 Å². The molecule has 9 heteroatoms. The molecule has 1 unspecified atom stereocenters. The molecule has 1 heterocycles. The van der Waals surface area contributed by atoms with E-state index in [1.165, 1.54) is 13.2 Å². The Morgan fingerprint density at radius 1 is 1.53 bits per heavy atom. The lowest BCUT2D eigenvalue weighted by molar-refractivity contribution is -0.106. The Kier molecular flexibility index (Phi) is 10.00. The lowest BCUT2D eigenvalue weighted by Gasteiger charge is -2.11. The third-order valence-corrected chi connectivity index (χ3v) is 3.56. The van der Waals surface area contributed by atoms with Gasteiger partial charge in [-0.1, -0.05) is 0 Å². The molecule has 1 atom stereocenters. The van der Waals surface area contributed by atoms with Crippen LogP contribution in [0.2, 0.25) is 0 Å². The molecule has 17 heavy (non-hydrogen) atoms. The van der Waals surface area contributed by atoms with Crippen molar-refractivity contribution in [1.82, 2.24) is 4.98 Å². The summed E-state index contributed by atoms with van der Waals surface area (Å²) in [6.45, 7) is 3.24. The molecule has 0 aromatic carbocycles. The van der Waals surface area contributed by atoms with E-state index in [-0.39, 0.29) is 6.41 Å². The molecule has 0 aliphatic carbocycles. The molecule has 0 saturated carbocycles. The zero-order valence-electron chi connectivity index (χ0n) is 9.91. The first-order chi connectivity index (χ1) is 7.82. The van der Waals surface area contributed by atoms with Crippen molar-refractivity contribution in [2.75, 3.05) is 7.05 Å². The number of carbonyl (C=O) groups is 1. The molecular formula is C8H18N4O3S2. The molecule has 7 nitrogen and oxygen atoms in total. The van der Waals surface area contributed by atoms with E-state index in [1.807, 2.05) is 0 Å². The van der Waals surface area contributed by atoms with Gasteiger partial charge < -0.3 is 16.6 Å². The molecule has 100 valence electrons. The normalized spacial score (nSPS) is 11.4. The van der Waals surface area contributed by atoms with E-state index >= 15 is 0 Å². The maximum atomic E-state index is 10.8. The van der Waals surface area contributed by atoms with Gasteiger partial charge in [0.05, 0.1) is 6.20 Å². The van der Waals surface area contributed by atoms with Crippen LogP contribution in [0.15, 0.2) is 10.4 Å². The number of hydrogen-bond donors (Lipinski definition) is 4. The third-order valence-electron chi connectivity index (χ3n) is 1.21. The standard InChI is InChI=1S/C6H10N2O2S2.CH3NO.CH5N/c1-6(2,9)5-8-3-4(11-5)12(7)10;2-1-3;1-2/h3,9H,7H2,1-2H3;1H,(H2,2,3);2H2,1H3. The van der Waals surface area contributed by atoms with Crippen LogP contribution in [0.1, 0.15) is 18.9 Å². The highest BCUT2D eigenvalue weighted by Crippen LogP contribution is 2.25. The maximum Gasteiger partial charge on any atom is 0.204 e. The number of rotatable bonds is 2. The van der Waals surface area contributed by atoms with Crippen LogP contribution >= 0.6 is 11.3 Å². The summed E-state index contributed by atoms with van der Waals surface area (Å²) >= 11 is 1.16. The maximum absolute atomic E-state index is 10.8. The van der Waals surface area contributed by atoms with Gasteiger partial charge in [-0.25, -0.2) is 14.3 Å². The molecule has 0 bridgehead atoms. The lowest BCUT2D eigenvalue weighted by Crippen LogP contribution is -2.14.